The zero-order chi connectivity index (χ0) is 16.0. The van der Waals surface area contributed by atoms with E-state index < -0.39 is 0 Å². The molecule has 0 aliphatic carbocycles. The Bertz CT molecular complexity index is 945. The Hall–Kier alpha value is -2.28. The molecule has 118 valence electrons. The summed E-state index contributed by atoms with van der Waals surface area (Å²) < 4.78 is 1.41. The van der Waals surface area contributed by atoms with Gasteiger partial charge in [0, 0.05) is 44.6 Å². The molecule has 1 aliphatic rings. The molecule has 0 unspecified atom stereocenters. The van der Waals surface area contributed by atoms with Gasteiger partial charge in [0.1, 0.15) is 16.5 Å². The highest BCUT2D eigenvalue weighted by Gasteiger charge is 2.22. The lowest BCUT2D eigenvalue weighted by Crippen LogP contribution is -2.35. The third kappa shape index (κ3) is 2.41. The molecule has 0 spiro atoms. The number of aromatic nitrogens is 4. The fourth-order valence-corrected chi connectivity index (χ4v) is 3.73. The van der Waals surface area contributed by atoms with E-state index in [1.54, 1.807) is 24.5 Å². The summed E-state index contributed by atoms with van der Waals surface area (Å²) in [5, 5.41) is 7.52. The lowest BCUT2D eigenvalue weighted by atomic mass is 10.1. The zero-order valence-electron chi connectivity index (χ0n) is 13.1. The number of nitrogens with zero attached hydrogens (tertiary/aromatic N) is 5. The Balaban J connectivity index is 1.79. The molecule has 0 saturated carbocycles. The van der Waals surface area contributed by atoms with Crippen molar-refractivity contribution in [3.05, 3.63) is 44.9 Å². The fraction of sp³-hybridized carbons (Fsp3) is 0.375. The predicted molar refractivity (Wildman–Crippen MR) is 91.0 cm³/mol. The number of rotatable bonds is 2. The third-order valence-electron chi connectivity index (χ3n) is 4.20. The minimum atomic E-state index is -0.0665. The van der Waals surface area contributed by atoms with E-state index in [0.29, 0.717) is 6.54 Å². The van der Waals surface area contributed by atoms with Crippen LogP contribution in [0.1, 0.15) is 24.0 Å². The maximum atomic E-state index is 11.9. The van der Waals surface area contributed by atoms with Gasteiger partial charge in [-0.1, -0.05) is 6.92 Å². The Kier molecular flexibility index (Phi) is 3.37. The van der Waals surface area contributed by atoms with Crippen LogP contribution in [-0.4, -0.2) is 26.3 Å². The first-order chi connectivity index (χ1) is 11.2. The molecule has 1 aliphatic heterocycles. The van der Waals surface area contributed by atoms with E-state index >= 15 is 0 Å². The molecule has 0 fully saturated rings. The van der Waals surface area contributed by atoms with Gasteiger partial charge in [0.25, 0.3) is 5.56 Å². The van der Waals surface area contributed by atoms with Crippen LogP contribution in [0.5, 0.6) is 0 Å². The van der Waals surface area contributed by atoms with Gasteiger partial charge in [-0.2, -0.15) is 5.10 Å². The van der Waals surface area contributed by atoms with E-state index in [0.717, 1.165) is 52.5 Å². The van der Waals surface area contributed by atoms with Gasteiger partial charge in [-0.15, -0.1) is 11.3 Å². The minimum absolute atomic E-state index is 0.0665. The minimum Gasteiger partial charge on any atom is -0.351 e. The lowest BCUT2D eigenvalue weighted by Gasteiger charge is -2.29. The lowest BCUT2D eigenvalue weighted by molar-refractivity contribution is 0.622. The molecule has 0 radical (unpaired) electrons. The maximum absolute atomic E-state index is 11.9. The molecule has 4 heterocycles. The molecule has 0 N–H and O–H groups in total. The number of hydrogen-bond donors (Lipinski definition) is 0. The quantitative estimate of drug-likeness (QED) is 0.719. The molecule has 6 nitrogen and oxygen atoms in total. The molecule has 0 aromatic carbocycles. The van der Waals surface area contributed by atoms with Gasteiger partial charge in [0.05, 0.1) is 11.1 Å². The monoisotopic (exact) mass is 327 g/mol. The predicted octanol–water partition coefficient (Wildman–Crippen LogP) is 1.91. The van der Waals surface area contributed by atoms with Gasteiger partial charge in [0.15, 0.2) is 0 Å². The van der Waals surface area contributed by atoms with Crippen molar-refractivity contribution in [1.29, 1.82) is 0 Å². The zero-order valence-corrected chi connectivity index (χ0v) is 13.9. The number of thiophene rings is 1. The Morgan fingerprint density at radius 2 is 2.22 bits per heavy atom. The van der Waals surface area contributed by atoms with E-state index in [4.69, 9.17) is 4.98 Å². The normalized spacial score (nSPS) is 14.3. The van der Waals surface area contributed by atoms with Crippen LogP contribution in [-0.2, 0) is 26.4 Å². The van der Waals surface area contributed by atoms with E-state index in [1.807, 2.05) is 0 Å². The van der Waals surface area contributed by atoms with Crippen molar-refractivity contribution in [3.63, 3.8) is 0 Å². The summed E-state index contributed by atoms with van der Waals surface area (Å²) in [5.74, 6) is 1.84. The molecule has 0 bridgehead atoms. The molecule has 0 amide bonds. The summed E-state index contributed by atoms with van der Waals surface area (Å²) >= 11 is 1.64. The number of anilines is 1. The van der Waals surface area contributed by atoms with Crippen molar-refractivity contribution in [2.45, 2.75) is 26.3 Å². The topological polar surface area (TPSA) is 63.9 Å². The van der Waals surface area contributed by atoms with Gasteiger partial charge in [-0.05, 0) is 11.4 Å². The van der Waals surface area contributed by atoms with E-state index in [2.05, 4.69) is 33.4 Å². The van der Waals surface area contributed by atoms with Gasteiger partial charge < -0.3 is 4.90 Å². The van der Waals surface area contributed by atoms with Crippen LogP contribution in [0.2, 0.25) is 0 Å². The number of hydrogen-bond acceptors (Lipinski definition) is 6. The van der Waals surface area contributed by atoms with Crippen LogP contribution < -0.4 is 10.5 Å². The summed E-state index contributed by atoms with van der Waals surface area (Å²) in [6.07, 6.45) is 1.63. The first-order valence-electron chi connectivity index (χ1n) is 7.71. The smallest absolute Gasteiger partial charge is 0.266 e. The molecule has 7 heteroatoms. The first-order valence-corrected chi connectivity index (χ1v) is 8.59. The second kappa shape index (κ2) is 5.42. The van der Waals surface area contributed by atoms with E-state index in [9.17, 15) is 4.79 Å². The Morgan fingerprint density at radius 1 is 1.35 bits per heavy atom. The standard InChI is InChI=1S/C16H17N5OS/c1-3-13-17-15(11-5-7-23-16(11)18-13)21-6-4-12-10(9-21)8-14(22)20(2)19-12/h5,7-8H,3-4,6,9H2,1-2H3. The van der Waals surface area contributed by atoms with Gasteiger partial charge in [-0.25, -0.2) is 14.6 Å². The third-order valence-corrected chi connectivity index (χ3v) is 5.01. The average Bonchev–Trinajstić information content (AvgIpc) is 3.03. The largest absolute Gasteiger partial charge is 0.351 e. The van der Waals surface area contributed by atoms with Crippen molar-refractivity contribution in [3.8, 4) is 0 Å². The van der Waals surface area contributed by atoms with Crippen LogP contribution in [0.15, 0.2) is 22.3 Å². The summed E-state index contributed by atoms with van der Waals surface area (Å²) in [6, 6.07) is 3.77. The van der Waals surface area contributed by atoms with Gasteiger partial charge >= 0.3 is 0 Å². The molecule has 23 heavy (non-hydrogen) atoms. The van der Waals surface area contributed by atoms with Gasteiger partial charge in [0.2, 0.25) is 0 Å². The van der Waals surface area contributed by atoms with Crippen molar-refractivity contribution >= 4 is 27.4 Å². The van der Waals surface area contributed by atoms with Crippen molar-refractivity contribution < 1.29 is 0 Å². The second-order valence-electron chi connectivity index (χ2n) is 5.71. The molecule has 0 saturated heterocycles. The van der Waals surface area contributed by atoms with E-state index in [-0.39, 0.29) is 5.56 Å². The SMILES string of the molecule is CCc1nc(N2CCc3nn(C)c(=O)cc3C2)c2ccsc2n1. The first kappa shape index (κ1) is 14.3. The van der Waals surface area contributed by atoms with Crippen LogP contribution in [0.3, 0.4) is 0 Å². The molecular weight excluding hydrogens is 310 g/mol. The fourth-order valence-electron chi connectivity index (χ4n) is 2.96. The van der Waals surface area contributed by atoms with Crippen molar-refractivity contribution in [1.82, 2.24) is 19.7 Å². The van der Waals surface area contributed by atoms with Crippen molar-refractivity contribution in [2.24, 2.45) is 7.05 Å². The Morgan fingerprint density at radius 3 is 3.04 bits per heavy atom. The van der Waals surface area contributed by atoms with Gasteiger partial charge in [-0.3, -0.25) is 4.79 Å². The van der Waals surface area contributed by atoms with Crippen molar-refractivity contribution in [2.75, 3.05) is 11.4 Å². The molecule has 4 rings (SSSR count). The number of aryl methyl sites for hydroxylation is 2. The molecule has 3 aromatic rings. The Labute approximate surface area is 137 Å². The molecule has 3 aromatic heterocycles. The van der Waals surface area contributed by atoms with Crippen LogP contribution in [0, 0.1) is 0 Å². The van der Waals surface area contributed by atoms with E-state index in [1.165, 1.54) is 4.68 Å². The average molecular weight is 327 g/mol. The molecule has 0 atom stereocenters. The summed E-state index contributed by atoms with van der Waals surface area (Å²) in [6.45, 7) is 3.59. The van der Waals surface area contributed by atoms with Crippen LogP contribution in [0.4, 0.5) is 5.82 Å². The highest BCUT2D eigenvalue weighted by Crippen LogP contribution is 2.30. The maximum Gasteiger partial charge on any atom is 0.266 e. The highest BCUT2D eigenvalue weighted by molar-refractivity contribution is 7.16. The summed E-state index contributed by atoms with van der Waals surface area (Å²) in [5.41, 5.74) is 1.94. The number of fused-ring (bicyclic) bond motifs is 2. The highest BCUT2D eigenvalue weighted by atomic mass is 32.1. The summed E-state index contributed by atoms with van der Waals surface area (Å²) in [7, 11) is 1.70. The summed E-state index contributed by atoms with van der Waals surface area (Å²) in [4.78, 5) is 24.5. The molecular formula is C16H17N5OS. The second-order valence-corrected chi connectivity index (χ2v) is 6.60. The van der Waals surface area contributed by atoms with Crippen LogP contribution in [0.25, 0.3) is 10.2 Å². The van der Waals surface area contributed by atoms with Crippen LogP contribution >= 0.6 is 11.3 Å².